The van der Waals surface area contributed by atoms with Gasteiger partial charge in [-0.2, -0.15) is 0 Å². The molecule has 4 saturated carbocycles. The number of fused-ring (bicyclic) bond motifs is 1. The molecule has 0 aliphatic heterocycles. The standard InChI is InChI=1S/C21H24O2/c1-12-2-16-6-18(20(23)8-17(16)7-19(12)22)21-9-13-3-14(10-21)5-15(4-13)11-21/h2,6-8,13-15,22-23H,3-5,9-11H2,1H3. The molecule has 0 aromatic heterocycles. The van der Waals surface area contributed by atoms with Gasteiger partial charge in [-0.3, -0.25) is 0 Å². The van der Waals surface area contributed by atoms with Gasteiger partial charge in [-0.1, -0.05) is 0 Å². The molecular weight excluding hydrogens is 284 g/mol. The van der Waals surface area contributed by atoms with Crippen LogP contribution in [0.25, 0.3) is 10.8 Å². The average molecular weight is 308 g/mol. The molecule has 4 aliphatic rings. The van der Waals surface area contributed by atoms with Crippen molar-refractivity contribution < 1.29 is 10.2 Å². The number of aromatic hydroxyl groups is 2. The van der Waals surface area contributed by atoms with E-state index in [1.54, 1.807) is 6.07 Å². The molecule has 2 aromatic rings. The predicted octanol–water partition coefficient (Wildman–Crippen LogP) is 5.03. The molecule has 0 heterocycles. The van der Waals surface area contributed by atoms with Gasteiger partial charge in [-0.15, -0.1) is 0 Å². The molecular formula is C21H24O2. The molecule has 4 fully saturated rings. The molecule has 0 saturated heterocycles. The third kappa shape index (κ3) is 1.93. The maximum Gasteiger partial charge on any atom is 0.119 e. The molecule has 0 atom stereocenters. The molecule has 0 radical (unpaired) electrons. The third-order valence-electron chi connectivity index (χ3n) is 6.88. The Bertz CT molecular complexity index is 770. The smallest absolute Gasteiger partial charge is 0.119 e. The average Bonchev–Trinajstić information content (AvgIpc) is 2.47. The normalized spacial score (nSPS) is 35.1. The second-order valence-electron chi connectivity index (χ2n) is 8.55. The lowest BCUT2D eigenvalue weighted by Gasteiger charge is -2.57. The zero-order valence-electron chi connectivity index (χ0n) is 13.7. The van der Waals surface area contributed by atoms with Crippen LogP contribution in [0.4, 0.5) is 0 Å². The topological polar surface area (TPSA) is 40.5 Å². The molecule has 0 spiro atoms. The molecule has 120 valence electrons. The van der Waals surface area contributed by atoms with E-state index < -0.39 is 0 Å². The summed E-state index contributed by atoms with van der Waals surface area (Å²) >= 11 is 0. The van der Waals surface area contributed by atoms with Gasteiger partial charge < -0.3 is 10.2 Å². The van der Waals surface area contributed by atoms with Crippen molar-refractivity contribution in [2.45, 2.75) is 50.9 Å². The van der Waals surface area contributed by atoms with Gasteiger partial charge in [0, 0.05) is 5.56 Å². The number of hydrogen-bond acceptors (Lipinski definition) is 2. The first kappa shape index (κ1) is 13.7. The number of phenols is 2. The zero-order chi connectivity index (χ0) is 15.8. The van der Waals surface area contributed by atoms with Gasteiger partial charge in [0.2, 0.25) is 0 Å². The van der Waals surface area contributed by atoms with Crippen LogP contribution in [0.5, 0.6) is 11.5 Å². The largest absolute Gasteiger partial charge is 0.508 e. The molecule has 0 unspecified atom stereocenters. The van der Waals surface area contributed by atoms with Crippen molar-refractivity contribution in [2.75, 3.05) is 0 Å². The molecule has 2 heteroatoms. The van der Waals surface area contributed by atoms with Crippen molar-refractivity contribution in [3.63, 3.8) is 0 Å². The Morgan fingerprint density at radius 2 is 1.30 bits per heavy atom. The van der Waals surface area contributed by atoms with Gasteiger partial charge >= 0.3 is 0 Å². The van der Waals surface area contributed by atoms with E-state index in [0.29, 0.717) is 11.5 Å². The van der Waals surface area contributed by atoms with Crippen molar-refractivity contribution in [1.82, 2.24) is 0 Å². The number of hydrogen-bond donors (Lipinski definition) is 2. The minimum atomic E-state index is 0.207. The van der Waals surface area contributed by atoms with Gasteiger partial charge in [0.1, 0.15) is 11.5 Å². The van der Waals surface area contributed by atoms with Gasteiger partial charge in [-0.25, -0.2) is 0 Å². The van der Waals surface area contributed by atoms with Crippen molar-refractivity contribution in [3.8, 4) is 11.5 Å². The monoisotopic (exact) mass is 308 g/mol. The highest BCUT2D eigenvalue weighted by molar-refractivity contribution is 5.87. The Hall–Kier alpha value is -1.70. The van der Waals surface area contributed by atoms with Crippen LogP contribution in [0.3, 0.4) is 0 Å². The summed E-state index contributed by atoms with van der Waals surface area (Å²) in [7, 11) is 0. The van der Waals surface area contributed by atoms with E-state index >= 15 is 0 Å². The number of benzene rings is 2. The van der Waals surface area contributed by atoms with Crippen LogP contribution in [-0.4, -0.2) is 10.2 Å². The second-order valence-corrected chi connectivity index (χ2v) is 8.55. The lowest BCUT2D eigenvalue weighted by atomic mass is 9.48. The molecule has 4 aliphatic carbocycles. The first-order valence-corrected chi connectivity index (χ1v) is 8.99. The highest BCUT2D eigenvalue weighted by atomic mass is 16.3. The summed E-state index contributed by atoms with van der Waals surface area (Å²) in [5.74, 6) is 3.36. The highest BCUT2D eigenvalue weighted by Crippen LogP contribution is 2.62. The summed E-state index contributed by atoms with van der Waals surface area (Å²) in [5.41, 5.74) is 2.28. The Labute approximate surface area is 137 Å². The number of phenolic OH excluding ortho intramolecular Hbond substituents is 2. The fourth-order valence-electron chi connectivity index (χ4n) is 6.30. The SMILES string of the molecule is Cc1cc2cc(C34CC5CC(CC(C5)C3)C4)c(O)cc2cc1O. The van der Waals surface area contributed by atoms with Crippen LogP contribution in [0.1, 0.15) is 49.7 Å². The fourth-order valence-corrected chi connectivity index (χ4v) is 6.30. The lowest BCUT2D eigenvalue weighted by Crippen LogP contribution is -2.48. The Morgan fingerprint density at radius 3 is 1.91 bits per heavy atom. The lowest BCUT2D eigenvalue weighted by molar-refractivity contribution is -0.00606. The van der Waals surface area contributed by atoms with E-state index in [-0.39, 0.29) is 5.41 Å². The summed E-state index contributed by atoms with van der Waals surface area (Å²) in [5, 5.41) is 22.7. The summed E-state index contributed by atoms with van der Waals surface area (Å²) in [4.78, 5) is 0. The van der Waals surface area contributed by atoms with Gasteiger partial charge in [0.15, 0.2) is 0 Å². The first-order chi connectivity index (χ1) is 11.0. The Balaban J connectivity index is 1.68. The summed E-state index contributed by atoms with van der Waals surface area (Å²) < 4.78 is 0. The summed E-state index contributed by atoms with van der Waals surface area (Å²) in [6.07, 6.45) is 8.03. The second kappa shape index (κ2) is 4.43. The van der Waals surface area contributed by atoms with E-state index in [9.17, 15) is 10.2 Å². The van der Waals surface area contributed by atoms with Crippen LogP contribution in [0.15, 0.2) is 24.3 Å². The van der Waals surface area contributed by atoms with Crippen molar-refractivity contribution >= 4 is 10.8 Å². The first-order valence-electron chi connectivity index (χ1n) is 8.99. The third-order valence-corrected chi connectivity index (χ3v) is 6.88. The fraction of sp³-hybridized carbons (Fsp3) is 0.524. The van der Waals surface area contributed by atoms with Crippen LogP contribution in [0, 0.1) is 24.7 Å². The zero-order valence-corrected chi connectivity index (χ0v) is 13.7. The molecule has 6 rings (SSSR count). The van der Waals surface area contributed by atoms with Crippen LogP contribution < -0.4 is 0 Å². The van der Waals surface area contributed by atoms with Gasteiger partial charge in [0.05, 0.1) is 0 Å². The molecule has 23 heavy (non-hydrogen) atoms. The van der Waals surface area contributed by atoms with E-state index in [2.05, 4.69) is 6.07 Å². The summed E-state index contributed by atoms with van der Waals surface area (Å²) in [6, 6.07) is 7.90. The molecule has 2 N–H and O–H groups in total. The molecule has 2 aromatic carbocycles. The quantitative estimate of drug-likeness (QED) is 0.776. The Kier molecular flexibility index (Phi) is 2.64. The maximum atomic E-state index is 10.7. The predicted molar refractivity (Wildman–Crippen MR) is 91.9 cm³/mol. The van der Waals surface area contributed by atoms with Crippen molar-refractivity contribution in [3.05, 3.63) is 35.4 Å². The molecule has 4 bridgehead atoms. The number of aryl methyl sites for hydroxylation is 1. The van der Waals surface area contributed by atoms with E-state index in [0.717, 1.165) is 34.1 Å². The van der Waals surface area contributed by atoms with Crippen molar-refractivity contribution in [2.24, 2.45) is 17.8 Å². The van der Waals surface area contributed by atoms with E-state index in [1.807, 2.05) is 19.1 Å². The minimum absolute atomic E-state index is 0.207. The van der Waals surface area contributed by atoms with E-state index in [1.165, 1.54) is 44.1 Å². The summed E-state index contributed by atoms with van der Waals surface area (Å²) in [6.45, 7) is 1.94. The van der Waals surface area contributed by atoms with Crippen LogP contribution in [-0.2, 0) is 5.41 Å². The Morgan fingerprint density at radius 1 is 0.783 bits per heavy atom. The minimum Gasteiger partial charge on any atom is -0.508 e. The molecule has 2 nitrogen and oxygen atoms in total. The maximum absolute atomic E-state index is 10.7. The number of rotatable bonds is 1. The van der Waals surface area contributed by atoms with Crippen molar-refractivity contribution in [1.29, 1.82) is 0 Å². The highest BCUT2D eigenvalue weighted by Gasteiger charge is 2.52. The van der Waals surface area contributed by atoms with Gasteiger partial charge in [0.25, 0.3) is 0 Å². The van der Waals surface area contributed by atoms with Crippen LogP contribution in [0.2, 0.25) is 0 Å². The van der Waals surface area contributed by atoms with Crippen LogP contribution >= 0.6 is 0 Å². The molecule has 0 amide bonds. The van der Waals surface area contributed by atoms with E-state index in [4.69, 9.17) is 0 Å². The van der Waals surface area contributed by atoms with Gasteiger partial charge in [-0.05, 0) is 109 Å².